The van der Waals surface area contributed by atoms with Crippen LogP contribution in [0.15, 0.2) is 292 Å². The minimum Gasteiger partial charge on any atom is -0.475 e. The van der Waals surface area contributed by atoms with Crippen LogP contribution in [0.3, 0.4) is 0 Å². The summed E-state index contributed by atoms with van der Waals surface area (Å²) in [5, 5.41) is 60.2. The molecule has 652 valence electrons. The molecule has 8 aromatic carbocycles. The van der Waals surface area contributed by atoms with E-state index in [-0.39, 0.29) is 98.9 Å². The Balaban J connectivity index is 0.000000182. The number of halogens is 2. The highest BCUT2D eigenvalue weighted by Gasteiger charge is 2.24. The molecule has 0 fully saturated rings. The number of aldehydes is 1. The van der Waals surface area contributed by atoms with Gasteiger partial charge in [-0.1, -0.05) is 116 Å². The highest BCUT2D eigenvalue weighted by molar-refractivity contribution is 6.66. The molecule has 11 N–H and O–H groups in total. The molecule has 0 bridgehead atoms. The van der Waals surface area contributed by atoms with Gasteiger partial charge in [-0.2, -0.15) is 0 Å². The molecule has 0 aliphatic carbocycles. The maximum atomic E-state index is 12.5. The van der Waals surface area contributed by atoms with E-state index in [9.17, 15) is 53.4 Å². The van der Waals surface area contributed by atoms with Crippen LogP contribution in [-0.4, -0.2) is 132 Å². The average molecular weight is 1770 g/mol. The third-order valence-electron chi connectivity index (χ3n) is 17.6. The second-order valence-electron chi connectivity index (χ2n) is 26.0. The highest BCUT2D eigenvalue weighted by atomic mass is 35.5. The maximum Gasteiger partial charge on any atom is 0.374 e. The number of aliphatic hydroxyl groups excluding tert-OH is 2. The second-order valence-corrected chi connectivity index (χ2v) is 26.4. The number of anilines is 7. The van der Waals surface area contributed by atoms with Crippen molar-refractivity contribution < 1.29 is 81.1 Å². The number of carboxylic acids is 1. The van der Waals surface area contributed by atoms with E-state index in [1.54, 1.807) is 117 Å². The maximum absolute atomic E-state index is 12.5. The van der Waals surface area contributed by atoms with Crippen molar-refractivity contribution in [2.75, 3.05) is 37.6 Å². The summed E-state index contributed by atoms with van der Waals surface area (Å²) < 4.78 is 31.0. The number of nitrogens with zero attached hydrogens (tertiary/aromatic N) is 13. The van der Waals surface area contributed by atoms with Crippen molar-refractivity contribution in [3.8, 4) is 22.7 Å². The van der Waals surface area contributed by atoms with Gasteiger partial charge in [0.2, 0.25) is 69.7 Å². The molecule has 17 rings (SSSR count). The van der Waals surface area contributed by atoms with Gasteiger partial charge in [-0.15, -0.1) is 12.4 Å². The Morgan fingerprint density at radius 3 is 1.04 bits per heavy atom. The van der Waals surface area contributed by atoms with E-state index in [1.807, 2.05) is 66.1 Å². The first kappa shape index (κ1) is 94.7. The zero-order valence-electron chi connectivity index (χ0n) is 66.2. The number of carbonyl (C=O) groups excluding carboxylic acids is 8. The lowest BCUT2D eigenvalue weighted by molar-refractivity contribution is -0.112. The Morgan fingerprint density at radius 2 is 0.734 bits per heavy atom. The number of allylic oxidation sites excluding steroid dienone is 1. The lowest BCUT2D eigenvalue weighted by Crippen LogP contribution is -2.15. The smallest absolute Gasteiger partial charge is 0.374 e. The molecular weight excluding hydrogens is 1690 g/mol. The highest BCUT2D eigenvalue weighted by Crippen LogP contribution is 2.33. The lowest BCUT2D eigenvalue weighted by Gasteiger charge is -2.11. The van der Waals surface area contributed by atoms with E-state index < -0.39 is 28.9 Å². The standard InChI is InChI=1S/C21H17N5O4.C21H15N5O4.C20H18N4O2.C18H15N5O3.C4H3NO3.C3H3ClO.2CH4.ClH/c2*1-2-19(28)23-14-4-3-5-15(11-14)26-17-7-6-13(12-27)10-16(17)24-21(26)25-20(29)18-8-9-22-30-18;1-3-14-7-8-17-16(12-14)22-20(23-19(25)18-9-10-21-26-18)24(17)15-6-4-5-13(2)11-15;19-12-2-1-3-13(9-12)23-15-5-4-11(10-24)8-14(15)21-18(23)22-17(25)16-6-7-20-26-16;6-4(7)3-1-2-5-8-3;1-2-3(4)5;;;/h2-11,27H,1,12H2,(H,23,28)(H,24,25,29);2-12H,1H2,(H,23,28)(H,24,25,29);4-12H,3H2,1-2H3,(H,22,23,25);1-9,24H,10,19H2,(H,21,22,25);1-2H,(H,6,7);2H,1H2;2*1H4;1H. The van der Waals surface area contributed by atoms with Gasteiger partial charge in [0.15, 0.2) is 0 Å². The first-order chi connectivity index (χ1) is 60.5. The summed E-state index contributed by atoms with van der Waals surface area (Å²) in [5.41, 5.74) is 20.3. The Bertz CT molecular complexity index is 6620. The fourth-order valence-electron chi connectivity index (χ4n) is 11.9. The van der Waals surface area contributed by atoms with E-state index in [1.165, 1.54) is 79.0 Å². The summed E-state index contributed by atoms with van der Waals surface area (Å²) >= 11 is 4.71. The van der Waals surface area contributed by atoms with Crippen LogP contribution in [0.2, 0.25) is 0 Å². The monoisotopic (exact) mass is 1770 g/mol. The second kappa shape index (κ2) is 44.6. The number of aromatic nitrogens is 13. The van der Waals surface area contributed by atoms with Gasteiger partial charge in [-0.05, 0) is 187 Å². The number of nitrogens with two attached hydrogens (primary N) is 1. The first-order valence-electron chi connectivity index (χ1n) is 37.1. The number of nitrogen functional groups attached to an aromatic ring is 1. The van der Waals surface area contributed by atoms with Gasteiger partial charge in [0.25, 0.3) is 23.6 Å². The molecule has 17 aromatic rings. The number of rotatable bonds is 22. The van der Waals surface area contributed by atoms with Gasteiger partial charge < -0.3 is 54.3 Å². The SMILES string of the molecule is C.C.C=CC(=O)Cl.C=CC(=O)Nc1cccc(-n2c(NC(=O)c3ccno3)nc3cc(C=O)ccc32)c1.C=CC(=O)Nc1cccc(-n2c(NC(=O)c3ccno3)nc3cc(CO)ccc32)c1.CCc1ccc2c(c1)nc(NC(=O)c1ccno1)n2-c1cccc(C)c1.Cl.Nc1cccc(-n2c(NC(=O)c3ccno3)nc3cc(CO)ccc32)c1.O=C(O)c1ccno1. The number of benzene rings is 8. The first-order valence-corrected chi connectivity index (χ1v) is 37.5. The Hall–Kier alpha value is -17.2. The van der Waals surface area contributed by atoms with E-state index in [4.69, 9.17) is 40.5 Å². The molecule has 9 aromatic heterocycles. The van der Waals surface area contributed by atoms with Crippen molar-refractivity contribution in [2.24, 2.45) is 0 Å². The number of carbonyl (C=O) groups is 9. The van der Waals surface area contributed by atoms with Gasteiger partial charge in [0, 0.05) is 58.6 Å². The number of imidazole rings is 4. The Morgan fingerprint density at radius 1 is 0.414 bits per heavy atom. The average Bonchev–Trinajstić information content (AvgIpc) is 1.64. The van der Waals surface area contributed by atoms with Crippen molar-refractivity contribution in [3.05, 3.63) is 326 Å². The summed E-state index contributed by atoms with van der Waals surface area (Å²) in [5.74, 6) is -2.33. The number of fused-ring (bicyclic) bond motifs is 4. The fourth-order valence-corrected chi connectivity index (χ4v) is 11.9. The van der Waals surface area contributed by atoms with Crippen LogP contribution < -0.4 is 37.6 Å². The topological polar surface area (TPSA) is 514 Å². The summed E-state index contributed by atoms with van der Waals surface area (Å²) in [7, 11) is 0. The van der Waals surface area contributed by atoms with Crippen LogP contribution >= 0.6 is 24.0 Å². The summed E-state index contributed by atoms with van der Waals surface area (Å²) in [4.78, 5) is 122. The number of aryl methyl sites for hydroxylation is 2. The molecule has 128 heavy (non-hydrogen) atoms. The quantitative estimate of drug-likeness (QED) is 0.0130. The van der Waals surface area contributed by atoms with Crippen LogP contribution in [0.1, 0.15) is 107 Å². The van der Waals surface area contributed by atoms with E-state index in [0.717, 1.165) is 57.8 Å². The Kier molecular flexibility index (Phi) is 33.0. The van der Waals surface area contributed by atoms with Crippen molar-refractivity contribution in [1.82, 2.24) is 64.0 Å². The fraction of sp³-hybridized carbons (Fsp3) is 0.0787. The molecule has 37 nitrogen and oxygen atoms in total. The normalized spacial score (nSPS) is 10.3. The van der Waals surface area contributed by atoms with E-state index in [2.05, 4.69) is 121 Å². The number of aliphatic hydroxyl groups is 2. The third-order valence-corrected chi connectivity index (χ3v) is 17.8. The van der Waals surface area contributed by atoms with Crippen molar-refractivity contribution >= 4 is 162 Å². The predicted molar refractivity (Wildman–Crippen MR) is 481 cm³/mol. The predicted octanol–water partition coefficient (Wildman–Crippen LogP) is 15.6. The van der Waals surface area contributed by atoms with Crippen LogP contribution in [0, 0.1) is 6.92 Å². The molecule has 6 amide bonds. The van der Waals surface area contributed by atoms with Gasteiger partial charge in [-0.25, -0.2) is 24.7 Å². The molecule has 0 saturated heterocycles. The molecule has 0 saturated carbocycles. The summed E-state index contributed by atoms with van der Waals surface area (Å²) in [6.07, 6.45) is 11.9. The van der Waals surface area contributed by atoms with Crippen LogP contribution in [0.25, 0.3) is 66.9 Å². The number of hydrogen-bond donors (Lipinski definition) is 10. The molecule has 0 radical (unpaired) electrons. The number of aromatic carboxylic acids is 1. The molecule has 9 heterocycles. The van der Waals surface area contributed by atoms with Gasteiger partial charge in [-0.3, -0.25) is 77.9 Å². The van der Waals surface area contributed by atoms with Crippen molar-refractivity contribution in [3.63, 3.8) is 0 Å². The summed E-state index contributed by atoms with van der Waals surface area (Å²) in [6.45, 7) is 13.9. The third kappa shape index (κ3) is 23.5. The zero-order chi connectivity index (χ0) is 88.6. The van der Waals surface area contributed by atoms with E-state index >= 15 is 0 Å². The van der Waals surface area contributed by atoms with Gasteiger partial charge >= 0.3 is 5.97 Å². The summed E-state index contributed by atoms with van der Waals surface area (Å²) in [6, 6.07) is 58.4. The number of amides is 6. The molecule has 0 unspecified atom stereocenters. The number of carboxylic acid groups (broad SMARTS) is 1. The molecule has 0 aliphatic heterocycles. The van der Waals surface area contributed by atoms with E-state index in [0.29, 0.717) is 79.0 Å². The molecule has 39 heteroatoms. The van der Waals surface area contributed by atoms with Crippen LogP contribution in [0.4, 0.5) is 40.9 Å². The Labute approximate surface area is 737 Å². The molecule has 0 atom stereocenters. The lowest BCUT2D eigenvalue weighted by atomic mass is 10.1. The van der Waals surface area contributed by atoms with Gasteiger partial charge in [0.05, 0.1) is 105 Å². The van der Waals surface area contributed by atoms with Gasteiger partial charge in [0.1, 0.15) is 6.29 Å². The van der Waals surface area contributed by atoms with Crippen LogP contribution in [0.5, 0.6) is 0 Å². The van der Waals surface area contributed by atoms with Crippen molar-refractivity contribution in [2.45, 2.75) is 48.3 Å². The molecule has 0 aliphatic rings. The minimum absolute atomic E-state index is 0. The molecule has 0 spiro atoms. The minimum atomic E-state index is -1.09. The zero-order valence-corrected chi connectivity index (χ0v) is 67.8. The molecular formula is C89H80Cl2N20O17. The number of hydrogen-bond acceptors (Lipinski definition) is 26. The van der Waals surface area contributed by atoms with Crippen molar-refractivity contribution in [1.29, 1.82) is 0 Å². The number of nitrogens with one attached hydrogen (secondary N) is 6. The van der Waals surface area contributed by atoms with Crippen LogP contribution in [-0.2, 0) is 34.0 Å². The largest absolute Gasteiger partial charge is 0.475 e.